The maximum Gasteiger partial charge on any atom is 0.278 e. The highest BCUT2D eigenvalue weighted by Gasteiger charge is 2.31. The van der Waals surface area contributed by atoms with Gasteiger partial charge in [0.05, 0.1) is 17.1 Å². The smallest absolute Gasteiger partial charge is 0.278 e. The number of aromatic nitrogens is 4. The van der Waals surface area contributed by atoms with Gasteiger partial charge in [0.1, 0.15) is 17.0 Å². The minimum Gasteiger partial charge on any atom is -0.368 e. The van der Waals surface area contributed by atoms with Crippen molar-refractivity contribution in [1.29, 1.82) is 0 Å². The van der Waals surface area contributed by atoms with Gasteiger partial charge in [-0.3, -0.25) is 14.1 Å². The van der Waals surface area contributed by atoms with Crippen LogP contribution in [-0.2, 0) is 10.0 Å². The van der Waals surface area contributed by atoms with Crippen LogP contribution in [0.15, 0.2) is 29.2 Å². The molecule has 11 heteroatoms. The Hall–Kier alpha value is -3.08. The fourth-order valence-electron chi connectivity index (χ4n) is 3.34. The predicted octanol–water partition coefficient (Wildman–Crippen LogP) is 2.45. The normalized spacial score (nSPS) is 14.8. The second-order valence-corrected chi connectivity index (χ2v) is 9.52. The molecule has 0 spiro atoms. The monoisotopic (exact) mass is 432 g/mol. The molecule has 0 unspecified atom stereocenters. The van der Waals surface area contributed by atoms with Crippen LogP contribution in [0.2, 0.25) is 0 Å². The number of halogens is 1. The van der Waals surface area contributed by atoms with Crippen molar-refractivity contribution in [2.24, 2.45) is 0 Å². The average molecular weight is 432 g/mol. The molecule has 2 aromatic heterocycles. The molecule has 1 saturated carbocycles. The van der Waals surface area contributed by atoms with E-state index in [9.17, 15) is 17.6 Å². The second-order valence-electron chi connectivity index (χ2n) is 7.56. The van der Waals surface area contributed by atoms with Crippen molar-refractivity contribution < 1.29 is 12.8 Å². The van der Waals surface area contributed by atoms with Gasteiger partial charge in [-0.05, 0) is 38.8 Å². The van der Waals surface area contributed by atoms with Crippen LogP contribution in [0.3, 0.4) is 0 Å². The van der Waals surface area contributed by atoms with E-state index in [0.717, 1.165) is 12.5 Å². The fraction of sp³-hybridized carbons (Fsp3) is 0.368. The van der Waals surface area contributed by atoms with Crippen molar-refractivity contribution in [1.82, 2.24) is 19.5 Å². The summed E-state index contributed by atoms with van der Waals surface area (Å²) in [5.41, 5.74) is 5.88. The van der Waals surface area contributed by atoms with E-state index in [0.29, 0.717) is 18.4 Å². The fourth-order valence-corrected chi connectivity index (χ4v) is 4.94. The van der Waals surface area contributed by atoms with Crippen molar-refractivity contribution in [3.8, 4) is 11.3 Å². The molecule has 1 aromatic carbocycles. The Balaban J connectivity index is 1.79. The Morgan fingerprint density at radius 3 is 2.60 bits per heavy atom. The van der Waals surface area contributed by atoms with E-state index in [1.54, 1.807) is 0 Å². The van der Waals surface area contributed by atoms with Crippen molar-refractivity contribution in [2.45, 2.75) is 44.4 Å². The van der Waals surface area contributed by atoms with Crippen LogP contribution < -0.4 is 16.0 Å². The van der Waals surface area contributed by atoms with E-state index >= 15 is 0 Å². The molecule has 9 nitrogen and oxygen atoms in total. The van der Waals surface area contributed by atoms with E-state index in [1.165, 1.54) is 22.9 Å². The van der Waals surface area contributed by atoms with E-state index in [2.05, 4.69) is 19.7 Å². The highest BCUT2D eigenvalue weighted by Crippen LogP contribution is 2.29. The number of anilines is 2. The molecule has 3 N–H and O–H groups in total. The SMILES string of the molecule is CC(C)n1c(=O)c(-c2ccc(NS(=O)(=O)C3CCC3)c(F)c2)nc2cnc(N)nc21. The van der Waals surface area contributed by atoms with E-state index in [1.807, 2.05) is 13.8 Å². The average Bonchev–Trinajstić information content (AvgIpc) is 2.60. The first-order valence-electron chi connectivity index (χ1n) is 9.53. The molecule has 1 aliphatic carbocycles. The van der Waals surface area contributed by atoms with E-state index < -0.39 is 26.6 Å². The van der Waals surface area contributed by atoms with Crippen LogP contribution >= 0.6 is 0 Å². The first-order valence-corrected chi connectivity index (χ1v) is 11.1. The summed E-state index contributed by atoms with van der Waals surface area (Å²) >= 11 is 0. The van der Waals surface area contributed by atoms with Crippen molar-refractivity contribution in [2.75, 3.05) is 10.5 Å². The van der Waals surface area contributed by atoms with Gasteiger partial charge in [-0.1, -0.05) is 12.5 Å². The predicted molar refractivity (Wildman–Crippen MR) is 112 cm³/mol. The molecule has 158 valence electrons. The van der Waals surface area contributed by atoms with Gasteiger partial charge in [-0.15, -0.1) is 0 Å². The van der Waals surface area contributed by atoms with E-state index in [4.69, 9.17) is 5.73 Å². The van der Waals surface area contributed by atoms with Gasteiger partial charge in [0.25, 0.3) is 5.56 Å². The number of fused-ring (bicyclic) bond motifs is 1. The molecule has 0 bridgehead atoms. The topological polar surface area (TPSA) is 133 Å². The van der Waals surface area contributed by atoms with Gasteiger partial charge in [-0.2, -0.15) is 4.98 Å². The molecular formula is C19H21FN6O3S. The molecule has 0 saturated heterocycles. The summed E-state index contributed by atoms with van der Waals surface area (Å²) in [6.45, 7) is 3.61. The second kappa shape index (κ2) is 7.31. The summed E-state index contributed by atoms with van der Waals surface area (Å²) in [5.74, 6) is -0.777. The molecule has 3 aromatic rings. The third-order valence-corrected chi connectivity index (χ3v) is 7.01. The number of hydrogen-bond acceptors (Lipinski definition) is 7. The number of nitrogen functional groups attached to an aromatic ring is 1. The third-order valence-electron chi connectivity index (χ3n) is 5.15. The first kappa shape index (κ1) is 20.2. The standard InChI is InChI=1S/C19H21FN6O3S/c1-10(2)26-17-15(9-22-19(21)24-17)23-16(18(26)27)11-6-7-14(13(20)8-11)25-30(28,29)12-4-3-5-12/h6-10,12,25H,3-5H2,1-2H3,(H2,21,22,24). The minimum absolute atomic E-state index is 0.0110. The van der Waals surface area contributed by atoms with Crippen molar-refractivity contribution in [3.63, 3.8) is 0 Å². The number of nitrogens with two attached hydrogens (primary N) is 1. The Morgan fingerprint density at radius 2 is 2.00 bits per heavy atom. The summed E-state index contributed by atoms with van der Waals surface area (Å²) in [7, 11) is -3.64. The van der Waals surface area contributed by atoms with Crippen LogP contribution in [0.4, 0.5) is 16.0 Å². The zero-order valence-electron chi connectivity index (χ0n) is 16.5. The zero-order chi connectivity index (χ0) is 21.6. The number of nitrogens with one attached hydrogen (secondary N) is 1. The van der Waals surface area contributed by atoms with Gasteiger partial charge >= 0.3 is 0 Å². The van der Waals surface area contributed by atoms with Crippen LogP contribution in [0.25, 0.3) is 22.4 Å². The van der Waals surface area contributed by atoms with E-state index in [-0.39, 0.29) is 34.6 Å². The number of hydrogen-bond donors (Lipinski definition) is 2. The summed E-state index contributed by atoms with van der Waals surface area (Å²) in [4.78, 5) is 25.4. The molecule has 4 rings (SSSR count). The van der Waals surface area contributed by atoms with Gasteiger partial charge < -0.3 is 5.73 Å². The van der Waals surface area contributed by atoms with Gasteiger partial charge in [0.2, 0.25) is 16.0 Å². The largest absolute Gasteiger partial charge is 0.368 e. The maximum atomic E-state index is 14.7. The van der Waals surface area contributed by atoms with Crippen molar-refractivity contribution >= 4 is 32.8 Å². The lowest BCUT2D eigenvalue weighted by Crippen LogP contribution is -2.33. The zero-order valence-corrected chi connectivity index (χ0v) is 17.3. The molecule has 0 aliphatic heterocycles. The molecule has 1 aliphatic rings. The Morgan fingerprint density at radius 1 is 1.27 bits per heavy atom. The van der Waals surface area contributed by atoms with Crippen LogP contribution in [-0.4, -0.2) is 33.2 Å². The maximum absolute atomic E-state index is 14.7. The molecule has 1 fully saturated rings. The lowest BCUT2D eigenvalue weighted by molar-refractivity contribution is 0.479. The van der Waals surface area contributed by atoms with Crippen molar-refractivity contribution in [3.05, 3.63) is 40.6 Å². The Bertz CT molecular complexity index is 1300. The third kappa shape index (κ3) is 3.49. The van der Waals surface area contributed by atoms with Gasteiger partial charge in [0, 0.05) is 11.6 Å². The van der Waals surface area contributed by atoms with Gasteiger partial charge in [0.15, 0.2) is 5.65 Å². The number of nitrogens with zero attached hydrogens (tertiary/aromatic N) is 4. The van der Waals surface area contributed by atoms with Crippen LogP contribution in [0, 0.1) is 5.82 Å². The summed E-state index contributed by atoms with van der Waals surface area (Å²) < 4.78 is 43.0. The summed E-state index contributed by atoms with van der Waals surface area (Å²) in [5, 5.41) is -0.496. The highest BCUT2D eigenvalue weighted by atomic mass is 32.2. The Labute approximate surface area is 172 Å². The number of sulfonamides is 1. The summed E-state index contributed by atoms with van der Waals surface area (Å²) in [6, 6.07) is 3.59. The lowest BCUT2D eigenvalue weighted by Gasteiger charge is -2.25. The molecular weight excluding hydrogens is 411 g/mol. The first-order chi connectivity index (χ1) is 14.2. The quantitative estimate of drug-likeness (QED) is 0.633. The molecule has 0 atom stereocenters. The highest BCUT2D eigenvalue weighted by molar-refractivity contribution is 7.93. The van der Waals surface area contributed by atoms with Crippen LogP contribution in [0.1, 0.15) is 39.2 Å². The van der Waals surface area contributed by atoms with Crippen LogP contribution in [0.5, 0.6) is 0 Å². The number of rotatable bonds is 5. The van der Waals surface area contributed by atoms with Gasteiger partial charge in [-0.25, -0.2) is 22.8 Å². The Kier molecular flexibility index (Phi) is 4.92. The number of benzene rings is 1. The minimum atomic E-state index is -3.64. The molecule has 30 heavy (non-hydrogen) atoms. The lowest BCUT2D eigenvalue weighted by atomic mass is 10.0. The molecule has 0 amide bonds. The molecule has 2 heterocycles. The molecule has 0 radical (unpaired) electrons. The summed E-state index contributed by atoms with van der Waals surface area (Å²) in [6.07, 6.45) is 3.38.